The molecule has 1 saturated carbocycles. The van der Waals surface area contributed by atoms with Crippen LogP contribution < -0.4 is 5.73 Å². The quantitative estimate of drug-likeness (QED) is 0.562. The first kappa shape index (κ1) is 8.97. The molecule has 4 nitrogen and oxygen atoms in total. The van der Waals surface area contributed by atoms with Crippen molar-refractivity contribution in [3.8, 4) is 0 Å². The maximum Gasteiger partial charge on any atom is 0.326 e. The smallest absolute Gasteiger partial charge is 0.326 e. The van der Waals surface area contributed by atoms with Crippen molar-refractivity contribution >= 4 is 5.97 Å². The minimum atomic E-state index is -0.688. The van der Waals surface area contributed by atoms with Crippen molar-refractivity contribution in [2.45, 2.75) is 18.4 Å². The van der Waals surface area contributed by atoms with Crippen molar-refractivity contribution in [3.63, 3.8) is 0 Å². The molecule has 2 unspecified atom stereocenters. The lowest BCUT2D eigenvalue weighted by atomic mass is 9.99. The van der Waals surface area contributed by atoms with Crippen LogP contribution in [0.15, 0.2) is 0 Å². The third-order valence-corrected chi connectivity index (χ3v) is 3.53. The van der Waals surface area contributed by atoms with Crippen molar-refractivity contribution in [1.29, 1.82) is 0 Å². The van der Waals surface area contributed by atoms with Crippen LogP contribution in [0.1, 0.15) is 12.8 Å². The molecule has 1 saturated heterocycles. The zero-order chi connectivity index (χ0) is 9.69. The third kappa shape index (κ3) is 1.02. The van der Waals surface area contributed by atoms with E-state index < -0.39 is 5.54 Å². The number of esters is 1. The Morgan fingerprint density at radius 3 is 2.77 bits per heavy atom. The summed E-state index contributed by atoms with van der Waals surface area (Å²) >= 11 is 0. The number of hydrogen-bond acceptors (Lipinski definition) is 4. The van der Waals surface area contributed by atoms with Crippen LogP contribution in [0.3, 0.4) is 0 Å². The van der Waals surface area contributed by atoms with E-state index in [1.165, 1.54) is 7.11 Å². The SMILES string of the molecule is COC(=O)C1(N)CC12CCN(C)C2. The molecule has 0 radical (unpaired) electrons. The van der Waals surface area contributed by atoms with Gasteiger partial charge < -0.3 is 15.4 Å². The molecule has 0 amide bonds. The van der Waals surface area contributed by atoms with Crippen LogP contribution in [0.25, 0.3) is 0 Å². The molecule has 1 heterocycles. The topological polar surface area (TPSA) is 55.6 Å². The standard InChI is InChI=1S/C9H16N2O2/c1-11-4-3-8(6-11)5-9(8,10)7(12)13-2/h3-6,10H2,1-2H3. The number of rotatable bonds is 1. The normalized spacial score (nSPS) is 43.9. The van der Waals surface area contributed by atoms with Crippen LogP contribution in [0.4, 0.5) is 0 Å². The van der Waals surface area contributed by atoms with E-state index in [-0.39, 0.29) is 11.4 Å². The van der Waals surface area contributed by atoms with Crippen LogP contribution in [-0.2, 0) is 9.53 Å². The molecule has 74 valence electrons. The maximum absolute atomic E-state index is 11.4. The van der Waals surface area contributed by atoms with E-state index in [1.807, 2.05) is 0 Å². The van der Waals surface area contributed by atoms with Gasteiger partial charge in [0.25, 0.3) is 0 Å². The van der Waals surface area contributed by atoms with Gasteiger partial charge in [-0.2, -0.15) is 0 Å². The Bertz CT molecular complexity index is 256. The molecule has 0 aromatic rings. The second-order valence-corrected chi connectivity index (χ2v) is 4.41. The zero-order valence-corrected chi connectivity index (χ0v) is 8.17. The van der Waals surface area contributed by atoms with E-state index in [2.05, 4.69) is 11.9 Å². The van der Waals surface area contributed by atoms with Crippen LogP contribution in [0.2, 0.25) is 0 Å². The molecule has 2 aliphatic rings. The summed E-state index contributed by atoms with van der Waals surface area (Å²) in [5.74, 6) is -0.247. The average Bonchev–Trinajstić information content (AvgIpc) is 2.47. The van der Waals surface area contributed by atoms with E-state index in [0.29, 0.717) is 0 Å². The third-order valence-electron chi connectivity index (χ3n) is 3.53. The predicted molar refractivity (Wildman–Crippen MR) is 48.1 cm³/mol. The fraction of sp³-hybridized carbons (Fsp3) is 0.889. The lowest BCUT2D eigenvalue weighted by molar-refractivity contribution is -0.144. The summed E-state index contributed by atoms with van der Waals surface area (Å²) in [5.41, 5.74) is 5.34. The molecule has 2 rings (SSSR count). The zero-order valence-electron chi connectivity index (χ0n) is 8.17. The van der Waals surface area contributed by atoms with Gasteiger partial charge in [-0.15, -0.1) is 0 Å². The average molecular weight is 184 g/mol. The lowest BCUT2D eigenvalue weighted by Gasteiger charge is -2.15. The van der Waals surface area contributed by atoms with Gasteiger partial charge in [0.05, 0.1) is 7.11 Å². The Morgan fingerprint density at radius 1 is 1.62 bits per heavy atom. The summed E-state index contributed by atoms with van der Waals surface area (Å²) in [7, 11) is 3.46. The summed E-state index contributed by atoms with van der Waals surface area (Å²) in [6, 6.07) is 0. The van der Waals surface area contributed by atoms with Gasteiger partial charge in [0, 0.05) is 12.0 Å². The van der Waals surface area contributed by atoms with Crippen LogP contribution >= 0.6 is 0 Å². The number of nitrogens with two attached hydrogens (primary N) is 1. The van der Waals surface area contributed by atoms with Crippen LogP contribution in [0.5, 0.6) is 0 Å². The van der Waals surface area contributed by atoms with Gasteiger partial charge in [0.15, 0.2) is 0 Å². The van der Waals surface area contributed by atoms with E-state index in [0.717, 1.165) is 25.9 Å². The lowest BCUT2D eigenvalue weighted by Crippen LogP contribution is -2.41. The second-order valence-electron chi connectivity index (χ2n) is 4.41. The predicted octanol–water partition coefficient (Wildman–Crippen LogP) is -0.417. The highest BCUT2D eigenvalue weighted by atomic mass is 16.5. The summed E-state index contributed by atoms with van der Waals surface area (Å²) in [4.78, 5) is 13.6. The number of carbonyl (C=O) groups excluding carboxylic acids is 1. The first-order valence-corrected chi connectivity index (χ1v) is 4.60. The van der Waals surface area contributed by atoms with Crippen molar-refractivity contribution in [1.82, 2.24) is 4.90 Å². The van der Waals surface area contributed by atoms with Gasteiger partial charge >= 0.3 is 5.97 Å². The van der Waals surface area contributed by atoms with Crippen molar-refractivity contribution < 1.29 is 9.53 Å². The van der Waals surface area contributed by atoms with Gasteiger partial charge in [-0.1, -0.05) is 0 Å². The molecule has 2 N–H and O–H groups in total. The summed E-state index contributed by atoms with van der Waals surface area (Å²) < 4.78 is 4.72. The van der Waals surface area contributed by atoms with Gasteiger partial charge in [-0.3, -0.25) is 4.79 Å². The van der Waals surface area contributed by atoms with E-state index in [4.69, 9.17) is 10.5 Å². The molecule has 2 fully saturated rings. The second kappa shape index (κ2) is 2.45. The number of hydrogen-bond donors (Lipinski definition) is 1. The molecule has 1 spiro atoms. The molecular formula is C9H16N2O2. The molecule has 1 aliphatic carbocycles. The molecule has 4 heteroatoms. The number of ether oxygens (including phenoxy) is 1. The van der Waals surface area contributed by atoms with Crippen molar-refractivity contribution in [2.75, 3.05) is 27.2 Å². The fourth-order valence-corrected chi connectivity index (χ4v) is 2.55. The molecule has 0 bridgehead atoms. The Morgan fingerprint density at radius 2 is 2.31 bits per heavy atom. The molecule has 0 aromatic heterocycles. The van der Waals surface area contributed by atoms with E-state index >= 15 is 0 Å². The van der Waals surface area contributed by atoms with Crippen molar-refractivity contribution in [2.24, 2.45) is 11.1 Å². The van der Waals surface area contributed by atoms with Gasteiger partial charge in [0.1, 0.15) is 5.54 Å². The number of nitrogens with zero attached hydrogens (tertiary/aromatic N) is 1. The van der Waals surface area contributed by atoms with Crippen LogP contribution in [0, 0.1) is 5.41 Å². The number of likely N-dealkylation sites (tertiary alicyclic amines) is 1. The Labute approximate surface area is 78.0 Å². The van der Waals surface area contributed by atoms with E-state index in [1.54, 1.807) is 0 Å². The largest absolute Gasteiger partial charge is 0.468 e. The number of methoxy groups -OCH3 is 1. The Kier molecular flexibility index (Phi) is 1.69. The monoisotopic (exact) mass is 184 g/mol. The van der Waals surface area contributed by atoms with Gasteiger partial charge in [0.2, 0.25) is 0 Å². The minimum Gasteiger partial charge on any atom is -0.468 e. The van der Waals surface area contributed by atoms with Gasteiger partial charge in [-0.05, 0) is 26.4 Å². The molecule has 0 aromatic carbocycles. The highest BCUT2D eigenvalue weighted by Crippen LogP contribution is 2.60. The number of carbonyl (C=O) groups is 1. The fourth-order valence-electron chi connectivity index (χ4n) is 2.55. The molecule has 1 aliphatic heterocycles. The summed E-state index contributed by atoms with van der Waals surface area (Å²) in [5, 5.41) is 0. The van der Waals surface area contributed by atoms with E-state index in [9.17, 15) is 4.79 Å². The minimum absolute atomic E-state index is 0.0227. The van der Waals surface area contributed by atoms with Crippen LogP contribution in [-0.4, -0.2) is 43.7 Å². The highest BCUT2D eigenvalue weighted by molar-refractivity contribution is 5.86. The molecular weight excluding hydrogens is 168 g/mol. The maximum atomic E-state index is 11.4. The Balaban J connectivity index is 2.11. The molecule has 13 heavy (non-hydrogen) atoms. The van der Waals surface area contributed by atoms with Crippen molar-refractivity contribution in [3.05, 3.63) is 0 Å². The first-order chi connectivity index (χ1) is 6.04. The van der Waals surface area contributed by atoms with Gasteiger partial charge in [-0.25, -0.2) is 0 Å². The molecule has 2 atom stereocenters. The first-order valence-electron chi connectivity index (χ1n) is 4.60. The summed E-state index contributed by atoms with van der Waals surface area (Å²) in [6.07, 6.45) is 1.81. The Hall–Kier alpha value is -0.610. The summed E-state index contributed by atoms with van der Waals surface area (Å²) in [6.45, 7) is 1.97. The highest BCUT2D eigenvalue weighted by Gasteiger charge is 2.71.